The maximum absolute atomic E-state index is 11.1. The van der Waals surface area contributed by atoms with Gasteiger partial charge in [-0.05, 0) is 53.6 Å². The molecule has 8 nitrogen and oxygen atoms in total. The van der Waals surface area contributed by atoms with Gasteiger partial charge in [-0.3, -0.25) is 0 Å². The van der Waals surface area contributed by atoms with E-state index in [1.807, 2.05) is 18.2 Å². The van der Waals surface area contributed by atoms with Crippen LogP contribution in [0.4, 0.5) is 11.5 Å². The van der Waals surface area contributed by atoms with E-state index in [1.54, 1.807) is 18.2 Å². The number of ether oxygens (including phenoxy) is 1. The van der Waals surface area contributed by atoms with Crippen LogP contribution in [-0.4, -0.2) is 38.4 Å². The standard InChI is InChI=1S/C22H17N3O5/c1-30-20-10-13(4-7-18(20)26)12-2-5-16-15(8-12)21(24-11-23-16)25-17-6-3-14(22(28)29)9-19(17)27/h2-11,26-27H,1H3,(H,28,29)(H,23,24,25). The molecule has 1 aromatic heterocycles. The number of aromatic nitrogens is 2. The highest BCUT2D eigenvalue weighted by Gasteiger charge is 2.12. The molecule has 8 heteroatoms. The Balaban J connectivity index is 1.76. The van der Waals surface area contributed by atoms with E-state index in [0.29, 0.717) is 28.2 Å². The summed E-state index contributed by atoms with van der Waals surface area (Å²) in [5, 5.41) is 32.8. The minimum atomic E-state index is -1.13. The van der Waals surface area contributed by atoms with Crippen molar-refractivity contribution in [3.8, 4) is 28.4 Å². The van der Waals surface area contributed by atoms with E-state index in [4.69, 9.17) is 9.84 Å². The molecule has 0 atom stereocenters. The number of hydrogen-bond acceptors (Lipinski definition) is 7. The fraction of sp³-hybridized carbons (Fsp3) is 0.0455. The molecule has 0 aliphatic heterocycles. The summed E-state index contributed by atoms with van der Waals surface area (Å²) in [7, 11) is 1.48. The zero-order chi connectivity index (χ0) is 21.3. The zero-order valence-corrected chi connectivity index (χ0v) is 15.8. The van der Waals surface area contributed by atoms with Gasteiger partial charge in [0.15, 0.2) is 11.5 Å². The van der Waals surface area contributed by atoms with Crippen LogP contribution in [-0.2, 0) is 0 Å². The minimum absolute atomic E-state index is 0.0193. The van der Waals surface area contributed by atoms with Gasteiger partial charge in [-0.1, -0.05) is 12.1 Å². The maximum atomic E-state index is 11.1. The van der Waals surface area contributed by atoms with Crippen LogP contribution >= 0.6 is 0 Å². The van der Waals surface area contributed by atoms with Crippen LogP contribution in [0.3, 0.4) is 0 Å². The highest BCUT2D eigenvalue weighted by molar-refractivity contribution is 5.95. The van der Waals surface area contributed by atoms with Crippen molar-refractivity contribution in [1.29, 1.82) is 0 Å². The number of phenolic OH excluding ortho intramolecular Hbond substituents is 2. The number of benzene rings is 3. The van der Waals surface area contributed by atoms with E-state index in [9.17, 15) is 15.0 Å². The molecule has 30 heavy (non-hydrogen) atoms. The molecule has 0 amide bonds. The summed E-state index contributed by atoms with van der Waals surface area (Å²) < 4.78 is 5.18. The molecule has 4 N–H and O–H groups in total. The topological polar surface area (TPSA) is 125 Å². The van der Waals surface area contributed by atoms with E-state index in [1.165, 1.54) is 31.6 Å². The first-order chi connectivity index (χ1) is 14.5. The fourth-order valence-electron chi connectivity index (χ4n) is 3.09. The van der Waals surface area contributed by atoms with Gasteiger partial charge in [-0.15, -0.1) is 0 Å². The summed E-state index contributed by atoms with van der Waals surface area (Å²) in [4.78, 5) is 19.6. The van der Waals surface area contributed by atoms with E-state index in [-0.39, 0.29) is 17.1 Å². The second kappa shape index (κ2) is 7.59. The SMILES string of the molecule is COc1cc(-c2ccc3ncnc(Nc4ccc(C(=O)O)cc4O)c3c2)ccc1O. The lowest BCUT2D eigenvalue weighted by atomic mass is 10.0. The van der Waals surface area contributed by atoms with Crippen molar-refractivity contribution in [1.82, 2.24) is 9.97 Å². The molecule has 3 aromatic carbocycles. The Bertz CT molecular complexity index is 1270. The summed E-state index contributed by atoms with van der Waals surface area (Å²) in [6, 6.07) is 14.7. The molecule has 0 bridgehead atoms. The quantitative estimate of drug-likeness (QED) is 0.366. The van der Waals surface area contributed by atoms with Crippen LogP contribution in [0.25, 0.3) is 22.0 Å². The molecular formula is C22H17N3O5. The van der Waals surface area contributed by atoms with E-state index < -0.39 is 5.97 Å². The smallest absolute Gasteiger partial charge is 0.335 e. The lowest BCUT2D eigenvalue weighted by Crippen LogP contribution is -1.99. The molecular weight excluding hydrogens is 386 g/mol. The Morgan fingerprint density at radius 3 is 2.43 bits per heavy atom. The number of methoxy groups -OCH3 is 1. The van der Waals surface area contributed by atoms with E-state index in [2.05, 4.69) is 15.3 Å². The zero-order valence-electron chi connectivity index (χ0n) is 15.8. The molecule has 0 aliphatic carbocycles. The fourth-order valence-corrected chi connectivity index (χ4v) is 3.09. The monoisotopic (exact) mass is 403 g/mol. The third kappa shape index (κ3) is 3.53. The first-order valence-electron chi connectivity index (χ1n) is 8.92. The molecule has 0 saturated heterocycles. The van der Waals surface area contributed by atoms with Crippen LogP contribution in [0.2, 0.25) is 0 Å². The van der Waals surface area contributed by atoms with Crippen molar-refractivity contribution in [2.45, 2.75) is 0 Å². The Kier molecular flexibility index (Phi) is 4.81. The normalized spacial score (nSPS) is 10.7. The maximum Gasteiger partial charge on any atom is 0.335 e. The van der Waals surface area contributed by atoms with Crippen LogP contribution in [0.15, 0.2) is 60.9 Å². The number of carboxylic acid groups (broad SMARTS) is 1. The van der Waals surface area contributed by atoms with Gasteiger partial charge in [0.2, 0.25) is 0 Å². The molecule has 0 spiro atoms. The molecule has 0 radical (unpaired) electrons. The lowest BCUT2D eigenvalue weighted by Gasteiger charge is -2.12. The van der Waals surface area contributed by atoms with Crippen molar-refractivity contribution < 1.29 is 24.9 Å². The number of nitrogens with one attached hydrogen (secondary N) is 1. The van der Waals surface area contributed by atoms with Crippen LogP contribution < -0.4 is 10.1 Å². The second-order valence-electron chi connectivity index (χ2n) is 6.50. The third-order valence-corrected chi connectivity index (χ3v) is 4.65. The highest BCUT2D eigenvalue weighted by atomic mass is 16.5. The summed E-state index contributed by atoms with van der Waals surface area (Å²) in [6.45, 7) is 0. The molecule has 1 heterocycles. The van der Waals surface area contributed by atoms with Gasteiger partial charge in [-0.25, -0.2) is 14.8 Å². The van der Waals surface area contributed by atoms with E-state index >= 15 is 0 Å². The molecule has 4 rings (SSSR count). The second-order valence-corrected chi connectivity index (χ2v) is 6.50. The van der Waals surface area contributed by atoms with Crippen molar-refractivity contribution >= 4 is 28.4 Å². The Labute approximate surface area is 171 Å². The summed E-state index contributed by atoms with van der Waals surface area (Å²) in [5.74, 6) is -0.475. The number of nitrogens with zero attached hydrogens (tertiary/aromatic N) is 2. The van der Waals surface area contributed by atoms with Gasteiger partial charge in [0.25, 0.3) is 0 Å². The van der Waals surface area contributed by atoms with Gasteiger partial charge in [0.05, 0.1) is 23.9 Å². The van der Waals surface area contributed by atoms with Gasteiger partial charge in [-0.2, -0.15) is 0 Å². The van der Waals surface area contributed by atoms with Crippen molar-refractivity contribution in [2.75, 3.05) is 12.4 Å². The van der Waals surface area contributed by atoms with Gasteiger partial charge < -0.3 is 25.4 Å². The van der Waals surface area contributed by atoms with Gasteiger partial charge in [0.1, 0.15) is 17.9 Å². The summed E-state index contributed by atoms with van der Waals surface area (Å²) in [6.07, 6.45) is 1.40. The number of aromatic hydroxyl groups is 2. The number of fused-ring (bicyclic) bond motifs is 1. The Morgan fingerprint density at radius 2 is 1.70 bits per heavy atom. The average Bonchev–Trinajstić information content (AvgIpc) is 2.75. The minimum Gasteiger partial charge on any atom is -0.506 e. The molecule has 150 valence electrons. The molecule has 0 fully saturated rings. The number of phenols is 2. The number of carboxylic acids is 1. The average molecular weight is 403 g/mol. The predicted molar refractivity (Wildman–Crippen MR) is 112 cm³/mol. The number of rotatable bonds is 5. The molecule has 0 saturated carbocycles. The lowest BCUT2D eigenvalue weighted by molar-refractivity contribution is 0.0696. The van der Waals surface area contributed by atoms with Crippen molar-refractivity contribution in [3.05, 3.63) is 66.5 Å². The Morgan fingerprint density at radius 1 is 0.933 bits per heavy atom. The molecule has 0 unspecified atom stereocenters. The van der Waals surface area contributed by atoms with Gasteiger partial charge >= 0.3 is 5.97 Å². The molecule has 4 aromatic rings. The number of carbonyl (C=O) groups is 1. The first-order valence-corrected chi connectivity index (χ1v) is 8.92. The number of aromatic carboxylic acids is 1. The highest BCUT2D eigenvalue weighted by Crippen LogP contribution is 2.35. The van der Waals surface area contributed by atoms with Crippen LogP contribution in [0, 0.1) is 0 Å². The first kappa shape index (κ1) is 19.0. The summed E-state index contributed by atoms with van der Waals surface area (Å²) in [5.41, 5.74) is 2.66. The Hall–Kier alpha value is -4.33. The largest absolute Gasteiger partial charge is 0.506 e. The van der Waals surface area contributed by atoms with Gasteiger partial charge in [0, 0.05) is 5.39 Å². The van der Waals surface area contributed by atoms with Crippen molar-refractivity contribution in [3.63, 3.8) is 0 Å². The molecule has 0 aliphatic rings. The third-order valence-electron chi connectivity index (χ3n) is 4.65. The van der Waals surface area contributed by atoms with Crippen LogP contribution in [0.1, 0.15) is 10.4 Å². The predicted octanol–water partition coefficient (Wildman–Crippen LogP) is 4.16. The summed E-state index contributed by atoms with van der Waals surface area (Å²) >= 11 is 0. The number of hydrogen-bond donors (Lipinski definition) is 4. The number of anilines is 2. The van der Waals surface area contributed by atoms with Crippen molar-refractivity contribution in [2.24, 2.45) is 0 Å². The van der Waals surface area contributed by atoms with Crippen LogP contribution in [0.5, 0.6) is 17.2 Å². The van der Waals surface area contributed by atoms with E-state index in [0.717, 1.165) is 11.1 Å².